The third kappa shape index (κ3) is 3.38. The van der Waals surface area contributed by atoms with Crippen molar-refractivity contribution in [3.63, 3.8) is 0 Å². The van der Waals surface area contributed by atoms with Crippen molar-refractivity contribution in [3.8, 4) is 0 Å². The smallest absolute Gasteiger partial charge is 0.0349 e. The summed E-state index contributed by atoms with van der Waals surface area (Å²) in [6, 6.07) is 23.0. The van der Waals surface area contributed by atoms with Gasteiger partial charge in [-0.1, -0.05) is 18.2 Å². The van der Waals surface area contributed by atoms with E-state index in [0.29, 0.717) is 0 Å². The number of thioether (sulfide) groups is 1. The van der Waals surface area contributed by atoms with Crippen LogP contribution >= 0.6 is 34.4 Å². The van der Waals surface area contributed by atoms with Gasteiger partial charge in [-0.05, 0) is 128 Å². The fraction of sp³-hybridized carbons (Fsp3) is 0.0714. The van der Waals surface area contributed by atoms with Crippen molar-refractivity contribution in [2.45, 2.75) is 11.8 Å². The van der Waals surface area contributed by atoms with Crippen molar-refractivity contribution in [2.75, 3.05) is 6.26 Å². The lowest BCUT2D eigenvalue weighted by Crippen LogP contribution is -1.85. The van der Waals surface area contributed by atoms with Gasteiger partial charge < -0.3 is 0 Å². The molecule has 0 aliphatic heterocycles. The number of aryl methyl sites for hydroxylation is 1. The topological polar surface area (TPSA) is 0 Å². The van der Waals surface area contributed by atoms with Crippen molar-refractivity contribution < 1.29 is 0 Å². The van der Waals surface area contributed by atoms with E-state index >= 15 is 0 Å². The van der Waals surface area contributed by atoms with E-state index < -0.39 is 0 Å². The summed E-state index contributed by atoms with van der Waals surface area (Å²) >= 11 is 5.44. The highest BCUT2D eigenvalue weighted by atomic mass is 32.2. The molecule has 0 amide bonds. The number of benzene rings is 4. The summed E-state index contributed by atoms with van der Waals surface area (Å²) in [5.41, 5.74) is 3.87. The molecule has 0 atom stereocenters. The molecule has 0 N–H and O–H groups in total. The Kier molecular flexibility index (Phi) is 4.64. The average molecular weight is 453 g/mol. The molecular weight excluding hydrogens is 433 g/mol. The van der Waals surface area contributed by atoms with Gasteiger partial charge in [-0.2, -0.15) is 0 Å². The van der Waals surface area contributed by atoms with Gasteiger partial charge >= 0.3 is 0 Å². The zero-order chi connectivity index (χ0) is 20.9. The van der Waals surface area contributed by atoms with E-state index in [2.05, 4.69) is 96.8 Å². The molecule has 6 rings (SSSR count). The van der Waals surface area contributed by atoms with Gasteiger partial charge in [-0.3, -0.25) is 0 Å². The molecule has 0 spiro atoms. The fourth-order valence-electron chi connectivity index (χ4n) is 4.31. The van der Waals surface area contributed by atoms with Crippen LogP contribution in [0.2, 0.25) is 0 Å². The molecule has 6 aromatic rings. The lowest BCUT2D eigenvalue weighted by molar-refractivity contribution is 1.46. The van der Waals surface area contributed by atoms with Crippen LogP contribution in [0.15, 0.2) is 76.3 Å². The van der Waals surface area contributed by atoms with Crippen molar-refractivity contribution in [2.24, 2.45) is 0 Å². The van der Waals surface area contributed by atoms with Gasteiger partial charge in [0.25, 0.3) is 0 Å². The Morgan fingerprint density at radius 1 is 0.613 bits per heavy atom. The summed E-state index contributed by atoms with van der Waals surface area (Å²) in [6.07, 6.45) is 6.71. The molecule has 150 valence electrons. The summed E-state index contributed by atoms with van der Waals surface area (Å²) in [4.78, 5) is 1.32. The van der Waals surface area contributed by atoms with E-state index in [1.165, 1.54) is 63.3 Å². The molecule has 0 fully saturated rings. The van der Waals surface area contributed by atoms with Crippen LogP contribution in [0.5, 0.6) is 0 Å². The predicted octanol–water partition coefficient (Wildman–Crippen LogP) is 9.62. The van der Waals surface area contributed by atoms with Gasteiger partial charge in [0.1, 0.15) is 0 Å². The highest BCUT2D eigenvalue weighted by Crippen LogP contribution is 2.33. The maximum absolute atomic E-state index is 2.33. The van der Waals surface area contributed by atoms with Gasteiger partial charge in [-0.15, -0.1) is 34.4 Å². The summed E-state index contributed by atoms with van der Waals surface area (Å²) in [7, 11) is 0. The van der Waals surface area contributed by atoms with Crippen LogP contribution in [0.1, 0.15) is 16.7 Å². The van der Waals surface area contributed by atoms with Gasteiger partial charge in [0.05, 0.1) is 0 Å². The van der Waals surface area contributed by atoms with Crippen LogP contribution in [0.25, 0.3) is 53.9 Å². The number of rotatable bonds is 3. The minimum absolute atomic E-state index is 1.28. The number of thiophene rings is 2. The number of hydrogen-bond donors (Lipinski definition) is 0. The molecule has 2 aromatic heterocycles. The second-order valence-electron chi connectivity index (χ2n) is 7.95. The van der Waals surface area contributed by atoms with Crippen LogP contribution in [-0.2, 0) is 0 Å². The lowest BCUT2D eigenvalue weighted by Gasteiger charge is -2.08. The van der Waals surface area contributed by atoms with E-state index in [1.54, 1.807) is 0 Å². The second-order valence-corrected chi connectivity index (χ2v) is 10.7. The van der Waals surface area contributed by atoms with E-state index in [9.17, 15) is 0 Å². The molecule has 2 heterocycles. The SMILES string of the molecule is CSc1cc2cc3sccc3cc2cc1/C=C/c1cc2cc3ccsc3cc2cc1C. The van der Waals surface area contributed by atoms with Gasteiger partial charge in [0, 0.05) is 14.3 Å². The van der Waals surface area contributed by atoms with Crippen LogP contribution in [0, 0.1) is 6.92 Å². The number of hydrogen-bond acceptors (Lipinski definition) is 3. The van der Waals surface area contributed by atoms with E-state index in [4.69, 9.17) is 0 Å². The van der Waals surface area contributed by atoms with Gasteiger partial charge in [0.2, 0.25) is 0 Å². The summed E-state index contributed by atoms with van der Waals surface area (Å²) in [5, 5.41) is 12.2. The zero-order valence-corrected chi connectivity index (χ0v) is 19.8. The average Bonchev–Trinajstić information content (AvgIpc) is 3.42. The molecule has 31 heavy (non-hydrogen) atoms. The first-order valence-corrected chi connectivity index (χ1v) is 13.2. The van der Waals surface area contributed by atoms with Crippen LogP contribution in [0.4, 0.5) is 0 Å². The van der Waals surface area contributed by atoms with E-state index in [-0.39, 0.29) is 0 Å². The molecule has 3 heteroatoms. The van der Waals surface area contributed by atoms with Crippen molar-refractivity contribution >= 4 is 88.3 Å². The monoisotopic (exact) mass is 452 g/mol. The van der Waals surface area contributed by atoms with Crippen LogP contribution in [0.3, 0.4) is 0 Å². The first-order chi connectivity index (χ1) is 15.2. The standard InChI is InChI=1S/C28H20S3/c1-17-9-22-15-27-20(5-7-30-27)12-23(22)10-18(17)3-4-19-11-24-13-21-6-8-31-28(21)16-25(24)14-26(19)29-2/h3-16H,1-2H3/b4-3+. The molecule has 0 radical (unpaired) electrons. The Balaban J connectivity index is 1.46. The fourth-order valence-corrected chi connectivity index (χ4v) is 6.56. The first-order valence-electron chi connectivity index (χ1n) is 10.3. The molecule has 0 aliphatic rings. The van der Waals surface area contributed by atoms with Crippen LogP contribution in [-0.4, -0.2) is 6.26 Å². The highest BCUT2D eigenvalue weighted by molar-refractivity contribution is 7.98. The van der Waals surface area contributed by atoms with E-state index in [0.717, 1.165) is 0 Å². The Morgan fingerprint density at radius 3 is 1.81 bits per heavy atom. The minimum Gasteiger partial charge on any atom is -0.144 e. The zero-order valence-electron chi connectivity index (χ0n) is 17.3. The Hall–Kier alpha value is -2.59. The Labute approximate surface area is 193 Å². The Morgan fingerprint density at radius 2 is 1.16 bits per heavy atom. The number of fused-ring (bicyclic) bond motifs is 4. The van der Waals surface area contributed by atoms with Gasteiger partial charge in [0.15, 0.2) is 0 Å². The van der Waals surface area contributed by atoms with Crippen molar-refractivity contribution in [1.82, 2.24) is 0 Å². The first kappa shape index (κ1) is 19.1. The summed E-state index contributed by atoms with van der Waals surface area (Å²) in [5.74, 6) is 0. The summed E-state index contributed by atoms with van der Waals surface area (Å²) in [6.45, 7) is 2.21. The maximum atomic E-state index is 2.33. The van der Waals surface area contributed by atoms with Crippen molar-refractivity contribution in [3.05, 3.63) is 88.1 Å². The molecule has 0 aliphatic carbocycles. The molecule has 0 saturated heterocycles. The third-order valence-electron chi connectivity index (χ3n) is 6.00. The maximum Gasteiger partial charge on any atom is 0.0349 e. The molecule has 4 aromatic carbocycles. The lowest BCUT2D eigenvalue weighted by atomic mass is 9.99. The molecule has 0 bridgehead atoms. The van der Waals surface area contributed by atoms with Crippen molar-refractivity contribution in [1.29, 1.82) is 0 Å². The molecule has 0 saturated carbocycles. The minimum atomic E-state index is 1.28. The largest absolute Gasteiger partial charge is 0.144 e. The second kappa shape index (κ2) is 7.52. The van der Waals surface area contributed by atoms with Gasteiger partial charge in [-0.25, -0.2) is 0 Å². The quantitative estimate of drug-likeness (QED) is 0.190. The van der Waals surface area contributed by atoms with Crippen LogP contribution < -0.4 is 0 Å². The summed E-state index contributed by atoms with van der Waals surface area (Å²) < 4.78 is 2.71. The molecule has 0 unspecified atom stereocenters. The normalized spacial score (nSPS) is 12.2. The Bertz CT molecular complexity index is 1630. The molecular formula is C28H20S3. The highest BCUT2D eigenvalue weighted by Gasteiger charge is 2.06. The third-order valence-corrected chi connectivity index (χ3v) is 8.55. The molecule has 0 nitrogen and oxygen atoms in total. The predicted molar refractivity (Wildman–Crippen MR) is 144 cm³/mol. The van der Waals surface area contributed by atoms with E-state index in [1.807, 2.05) is 34.4 Å².